The molecule has 1 saturated heterocycles. The van der Waals surface area contributed by atoms with Crippen molar-refractivity contribution in [2.24, 2.45) is 0 Å². The molecule has 6 heteroatoms. The standard InChI is InChI=1S/C14H22N4O2/c1-16(2)5-6-17-7-9-18(10-8-17)13-4-3-12(11-15-13)14(19)20/h3-4,11H,5-10H2,1-2H3,(H,19,20). The lowest BCUT2D eigenvalue weighted by Gasteiger charge is -2.35. The van der Waals surface area contributed by atoms with Crippen LogP contribution in [-0.2, 0) is 0 Å². The second-order valence-electron chi connectivity index (χ2n) is 5.34. The van der Waals surface area contributed by atoms with E-state index in [9.17, 15) is 4.79 Å². The Morgan fingerprint density at radius 2 is 2.00 bits per heavy atom. The maximum Gasteiger partial charge on any atom is 0.337 e. The Morgan fingerprint density at radius 3 is 2.50 bits per heavy atom. The monoisotopic (exact) mass is 278 g/mol. The highest BCUT2D eigenvalue weighted by Crippen LogP contribution is 2.14. The van der Waals surface area contributed by atoms with Crippen LogP contribution in [0.4, 0.5) is 5.82 Å². The van der Waals surface area contributed by atoms with Gasteiger partial charge in [0.15, 0.2) is 0 Å². The number of hydrogen-bond acceptors (Lipinski definition) is 5. The molecule has 1 fully saturated rings. The van der Waals surface area contributed by atoms with Crippen molar-refractivity contribution in [1.82, 2.24) is 14.8 Å². The van der Waals surface area contributed by atoms with Crippen molar-refractivity contribution in [3.8, 4) is 0 Å². The molecule has 1 aliphatic heterocycles. The quantitative estimate of drug-likeness (QED) is 0.844. The van der Waals surface area contributed by atoms with Crippen LogP contribution in [0, 0.1) is 0 Å². The van der Waals surface area contributed by atoms with Crippen molar-refractivity contribution >= 4 is 11.8 Å². The van der Waals surface area contributed by atoms with E-state index in [2.05, 4.69) is 33.8 Å². The number of carbonyl (C=O) groups is 1. The zero-order valence-electron chi connectivity index (χ0n) is 12.1. The van der Waals surface area contributed by atoms with E-state index in [1.54, 1.807) is 12.1 Å². The number of hydrogen-bond donors (Lipinski definition) is 1. The molecule has 0 amide bonds. The molecule has 0 atom stereocenters. The van der Waals surface area contributed by atoms with Crippen LogP contribution < -0.4 is 4.90 Å². The number of carboxylic acid groups (broad SMARTS) is 1. The summed E-state index contributed by atoms with van der Waals surface area (Å²) in [6.07, 6.45) is 1.43. The number of aromatic nitrogens is 1. The van der Waals surface area contributed by atoms with E-state index in [-0.39, 0.29) is 5.56 Å². The van der Waals surface area contributed by atoms with Gasteiger partial charge in [0.25, 0.3) is 0 Å². The summed E-state index contributed by atoms with van der Waals surface area (Å²) in [6, 6.07) is 3.40. The van der Waals surface area contributed by atoms with Gasteiger partial charge in [-0.1, -0.05) is 0 Å². The predicted molar refractivity (Wildman–Crippen MR) is 78.4 cm³/mol. The molecule has 20 heavy (non-hydrogen) atoms. The molecule has 110 valence electrons. The molecule has 0 bridgehead atoms. The first kappa shape index (κ1) is 14.7. The number of aromatic carboxylic acids is 1. The molecule has 0 aromatic carbocycles. The van der Waals surface area contributed by atoms with Gasteiger partial charge in [0.2, 0.25) is 0 Å². The Kier molecular flexibility index (Phi) is 4.92. The molecule has 0 spiro atoms. The van der Waals surface area contributed by atoms with Gasteiger partial charge in [0.05, 0.1) is 5.56 Å². The van der Waals surface area contributed by atoms with Crippen molar-refractivity contribution in [3.63, 3.8) is 0 Å². The van der Waals surface area contributed by atoms with E-state index in [0.717, 1.165) is 45.1 Å². The van der Waals surface area contributed by atoms with Gasteiger partial charge in [-0.25, -0.2) is 9.78 Å². The minimum Gasteiger partial charge on any atom is -0.478 e. The van der Waals surface area contributed by atoms with Crippen molar-refractivity contribution in [3.05, 3.63) is 23.9 Å². The fourth-order valence-corrected chi connectivity index (χ4v) is 2.24. The Hall–Kier alpha value is -1.66. The van der Waals surface area contributed by atoms with E-state index in [1.807, 2.05) is 0 Å². The first-order chi connectivity index (χ1) is 9.56. The van der Waals surface area contributed by atoms with Crippen molar-refractivity contribution in [2.75, 3.05) is 58.3 Å². The van der Waals surface area contributed by atoms with Gasteiger partial charge in [0, 0.05) is 45.5 Å². The molecule has 1 N–H and O–H groups in total. The summed E-state index contributed by atoms with van der Waals surface area (Å²) in [5.41, 5.74) is 0.235. The van der Waals surface area contributed by atoms with Crippen LogP contribution in [0.15, 0.2) is 18.3 Å². The molecule has 2 rings (SSSR count). The number of pyridine rings is 1. The third-order valence-electron chi connectivity index (χ3n) is 3.55. The largest absolute Gasteiger partial charge is 0.478 e. The number of piperazine rings is 1. The smallest absolute Gasteiger partial charge is 0.337 e. The van der Waals surface area contributed by atoms with Gasteiger partial charge in [-0.05, 0) is 26.2 Å². The SMILES string of the molecule is CN(C)CCN1CCN(c2ccc(C(=O)O)cn2)CC1. The third kappa shape index (κ3) is 3.91. The number of carboxylic acids is 1. The Morgan fingerprint density at radius 1 is 1.30 bits per heavy atom. The zero-order chi connectivity index (χ0) is 14.5. The first-order valence-electron chi connectivity index (χ1n) is 6.87. The van der Waals surface area contributed by atoms with E-state index in [4.69, 9.17) is 5.11 Å². The van der Waals surface area contributed by atoms with Crippen LogP contribution in [-0.4, -0.2) is 79.2 Å². The van der Waals surface area contributed by atoms with Crippen LogP contribution in [0.2, 0.25) is 0 Å². The maximum absolute atomic E-state index is 10.8. The van der Waals surface area contributed by atoms with E-state index in [1.165, 1.54) is 6.20 Å². The second-order valence-corrected chi connectivity index (χ2v) is 5.34. The molecule has 0 radical (unpaired) electrons. The number of anilines is 1. The maximum atomic E-state index is 10.8. The Labute approximate surface area is 119 Å². The lowest BCUT2D eigenvalue weighted by molar-refractivity contribution is 0.0696. The lowest BCUT2D eigenvalue weighted by Crippen LogP contribution is -2.48. The Balaban J connectivity index is 1.85. The van der Waals surface area contributed by atoms with Crippen LogP contribution in [0.1, 0.15) is 10.4 Å². The van der Waals surface area contributed by atoms with Crippen LogP contribution in [0.3, 0.4) is 0 Å². The molecule has 0 unspecified atom stereocenters. The molecular formula is C14H22N4O2. The number of likely N-dealkylation sites (N-methyl/N-ethyl adjacent to an activating group) is 1. The normalized spacial score (nSPS) is 16.6. The van der Waals surface area contributed by atoms with Gasteiger partial charge in [0.1, 0.15) is 5.82 Å². The summed E-state index contributed by atoms with van der Waals surface area (Å²) in [5.74, 6) is -0.0696. The van der Waals surface area contributed by atoms with E-state index >= 15 is 0 Å². The van der Waals surface area contributed by atoms with Gasteiger partial charge in [-0.2, -0.15) is 0 Å². The second kappa shape index (κ2) is 6.67. The summed E-state index contributed by atoms with van der Waals surface area (Å²) in [6.45, 7) is 6.09. The first-order valence-corrected chi connectivity index (χ1v) is 6.87. The summed E-state index contributed by atoms with van der Waals surface area (Å²) in [7, 11) is 4.17. The molecule has 0 saturated carbocycles. The number of nitrogens with zero attached hydrogens (tertiary/aromatic N) is 4. The molecule has 6 nitrogen and oxygen atoms in total. The number of rotatable bonds is 5. The van der Waals surface area contributed by atoms with Crippen LogP contribution in [0.5, 0.6) is 0 Å². The van der Waals surface area contributed by atoms with E-state index < -0.39 is 5.97 Å². The molecule has 1 aliphatic rings. The topological polar surface area (TPSA) is 59.9 Å². The summed E-state index contributed by atoms with van der Waals surface area (Å²) in [4.78, 5) is 21.9. The molecule has 1 aromatic heterocycles. The Bertz CT molecular complexity index is 439. The van der Waals surface area contributed by atoms with Crippen molar-refractivity contribution < 1.29 is 9.90 Å². The fraction of sp³-hybridized carbons (Fsp3) is 0.571. The zero-order valence-corrected chi connectivity index (χ0v) is 12.1. The highest BCUT2D eigenvalue weighted by atomic mass is 16.4. The fourth-order valence-electron chi connectivity index (χ4n) is 2.24. The summed E-state index contributed by atoms with van der Waals surface area (Å²) in [5, 5.41) is 8.86. The van der Waals surface area contributed by atoms with Crippen LogP contribution >= 0.6 is 0 Å². The highest BCUT2D eigenvalue weighted by molar-refractivity contribution is 5.87. The minimum absolute atomic E-state index is 0.235. The van der Waals surface area contributed by atoms with Gasteiger partial charge in [-0.3, -0.25) is 4.90 Å². The van der Waals surface area contributed by atoms with Crippen LogP contribution in [0.25, 0.3) is 0 Å². The molecule has 2 heterocycles. The molecular weight excluding hydrogens is 256 g/mol. The highest BCUT2D eigenvalue weighted by Gasteiger charge is 2.18. The minimum atomic E-state index is -0.933. The van der Waals surface area contributed by atoms with Gasteiger partial charge >= 0.3 is 5.97 Å². The summed E-state index contributed by atoms with van der Waals surface area (Å²) >= 11 is 0. The van der Waals surface area contributed by atoms with E-state index in [0.29, 0.717) is 0 Å². The van der Waals surface area contributed by atoms with Crippen molar-refractivity contribution in [1.29, 1.82) is 0 Å². The van der Waals surface area contributed by atoms with Crippen molar-refractivity contribution in [2.45, 2.75) is 0 Å². The molecule has 0 aliphatic carbocycles. The average molecular weight is 278 g/mol. The summed E-state index contributed by atoms with van der Waals surface area (Å²) < 4.78 is 0. The lowest BCUT2D eigenvalue weighted by atomic mass is 10.2. The average Bonchev–Trinajstić information content (AvgIpc) is 2.46. The predicted octanol–water partition coefficient (Wildman–Crippen LogP) is 0.463. The molecule has 1 aromatic rings. The van der Waals surface area contributed by atoms with Gasteiger partial charge in [-0.15, -0.1) is 0 Å². The third-order valence-corrected chi connectivity index (χ3v) is 3.55. The van der Waals surface area contributed by atoms with Gasteiger partial charge < -0.3 is 14.9 Å².